The molecule has 1 atom stereocenters. The molecular formula is C23H15BF8O2S. The number of hydrogen-bond acceptors (Lipinski definition) is 2. The molecule has 0 aliphatic carbocycles. The summed E-state index contributed by atoms with van der Waals surface area (Å²) in [7, 11) is -2.49. The summed E-state index contributed by atoms with van der Waals surface area (Å²) in [6.07, 6.45) is 1.53. The van der Waals surface area contributed by atoms with Crippen LogP contribution in [0.1, 0.15) is 15.9 Å². The van der Waals surface area contributed by atoms with Gasteiger partial charge in [0.1, 0.15) is 17.9 Å². The van der Waals surface area contributed by atoms with E-state index in [1.807, 2.05) is 36.4 Å². The van der Waals surface area contributed by atoms with Crippen molar-refractivity contribution in [2.75, 3.05) is 12.0 Å². The molecule has 0 aromatic heterocycles. The molecule has 0 spiro atoms. The predicted molar refractivity (Wildman–Crippen MR) is 118 cm³/mol. The van der Waals surface area contributed by atoms with Gasteiger partial charge in [-0.2, -0.15) is 0 Å². The van der Waals surface area contributed by atoms with Gasteiger partial charge in [0.05, 0.1) is 0 Å². The average molecular weight is 518 g/mol. The van der Waals surface area contributed by atoms with Gasteiger partial charge >= 0.3 is 6.98 Å². The van der Waals surface area contributed by atoms with Crippen LogP contribution in [0.3, 0.4) is 0 Å². The number of ketones is 1. The monoisotopic (exact) mass is 518 g/mol. The van der Waals surface area contributed by atoms with E-state index in [0.717, 1.165) is 5.56 Å². The molecule has 0 amide bonds. The molecule has 0 aliphatic rings. The summed E-state index contributed by atoms with van der Waals surface area (Å²) in [5, 5.41) is 2.73. The molecular weight excluding hydrogens is 503 g/mol. The largest absolute Gasteiger partial charge is 0.515 e. The molecule has 184 valence electrons. The van der Waals surface area contributed by atoms with E-state index in [0.29, 0.717) is 5.56 Å². The molecule has 3 aromatic carbocycles. The molecule has 2 nitrogen and oxygen atoms in total. The number of carbonyl (C=O) groups excluding carboxylic acids is 1. The molecule has 0 saturated heterocycles. The second kappa shape index (κ2) is 11.3. The fourth-order valence-electron chi connectivity index (χ4n) is 2.59. The molecule has 0 bridgehead atoms. The Hall–Kier alpha value is -3.46. The third kappa shape index (κ3) is 7.52. The van der Waals surface area contributed by atoms with E-state index in [4.69, 9.17) is 0 Å². The van der Waals surface area contributed by atoms with Crippen molar-refractivity contribution in [3.8, 4) is 11.2 Å². The molecule has 3 rings (SSSR count). The van der Waals surface area contributed by atoms with Crippen LogP contribution in [-0.4, -0.2) is 24.8 Å². The topological polar surface area (TPSA) is 34.1 Å². The molecule has 12 heteroatoms. The zero-order valence-electron chi connectivity index (χ0n) is 17.8. The van der Waals surface area contributed by atoms with Gasteiger partial charge in [0.25, 0.3) is 0 Å². The van der Waals surface area contributed by atoms with Crippen molar-refractivity contribution >= 4 is 28.2 Å². The molecule has 1 unspecified atom stereocenters. The number of benzene rings is 3. The number of rotatable bonds is 4. The lowest BCUT2D eigenvalue weighted by molar-refractivity contribution is 0.102. The zero-order chi connectivity index (χ0) is 26.4. The Balaban J connectivity index is 0.000000258. The van der Waals surface area contributed by atoms with Crippen molar-refractivity contribution in [3.63, 3.8) is 0 Å². The third-order valence-corrected chi connectivity index (χ3v) is 5.61. The Bertz CT molecular complexity index is 1290. The molecule has 0 N–H and O–H groups in total. The summed E-state index contributed by atoms with van der Waals surface area (Å²) in [5.41, 5.74) is -1.36. The normalized spacial score (nSPS) is 12.5. The molecule has 0 fully saturated rings. The first kappa shape index (κ1) is 27.8. The van der Waals surface area contributed by atoms with Gasteiger partial charge in [0, 0.05) is 11.1 Å². The first-order valence-electron chi connectivity index (χ1n) is 9.58. The molecule has 0 radical (unpaired) electrons. The highest BCUT2D eigenvalue weighted by Crippen LogP contribution is 2.21. The summed E-state index contributed by atoms with van der Waals surface area (Å²) in [6, 6.07) is 18.2. The number of carbonyl (C=O) groups is 1. The number of Topliss-reactive ketones (excluding diaryl/α,β-unsaturated/α-hetero) is 1. The lowest BCUT2D eigenvalue weighted by atomic mass is 9.79. The van der Waals surface area contributed by atoms with Crippen molar-refractivity contribution in [1.82, 2.24) is 0 Å². The molecule has 35 heavy (non-hydrogen) atoms. The highest BCUT2D eigenvalue weighted by atomic mass is 32.2. The van der Waals surface area contributed by atoms with Gasteiger partial charge in [-0.05, 0) is 23.5 Å². The highest BCUT2D eigenvalue weighted by molar-refractivity contribution is 8.07. The predicted octanol–water partition coefficient (Wildman–Crippen LogP) is 5.44. The van der Waals surface area contributed by atoms with E-state index in [9.17, 15) is 43.9 Å². The van der Waals surface area contributed by atoms with Crippen LogP contribution in [0.2, 0.25) is 0 Å². The van der Waals surface area contributed by atoms with E-state index < -0.39 is 51.5 Å². The van der Waals surface area contributed by atoms with Crippen LogP contribution in [0, 0.1) is 40.3 Å². The average Bonchev–Trinajstić information content (AvgIpc) is 2.81. The van der Waals surface area contributed by atoms with Gasteiger partial charge in [-0.3, -0.25) is 4.79 Å². The minimum Gasteiger partial charge on any atom is -0.445 e. The number of halogens is 8. The Morgan fingerprint density at radius 1 is 0.771 bits per heavy atom. The lowest BCUT2D eigenvalue weighted by Crippen LogP contribution is -2.41. The van der Waals surface area contributed by atoms with Crippen LogP contribution in [0.5, 0.6) is 0 Å². The fourth-order valence-corrected chi connectivity index (χ4v) is 3.66. The van der Waals surface area contributed by atoms with Gasteiger partial charge in [0.2, 0.25) is 5.78 Å². The van der Waals surface area contributed by atoms with Gasteiger partial charge < -0.3 is 12.9 Å². The highest BCUT2D eigenvalue weighted by Gasteiger charge is 2.37. The SMILES string of the molecule is C[S+](=O)(C#Cc1ccccc1)CC(=O)c1ccccc1.Fc1c(F)c(F)c([B-](F)(F)F)c(F)c1F. The lowest BCUT2D eigenvalue weighted by Gasteiger charge is -2.17. The van der Waals surface area contributed by atoms with Crippen LogP contribution < -0.4 is 5.46 Å². The number of hydrogen-bond donors (Lipinski definition) is 0. The van der Waals surface area contributed by atoms with Crippen molar-refractivity contribution in [1.29, 1.82) is 0 Å². The van der Waals surface area contributed by atoms with E-state index >= 15 is 0 Å². The standard InChI is InChI=1S/C17H15O2S.C6BF8/c1-20(19,13-12-15-8-4-2-5-9-15)14-17(18)16-10-6-3-7-11-16;8-2-1(7(13,14)15)3(9)5(11)6(12)4(2)10/h2-11H,14H2,1H3;/q+1;-1. The summed E-state index contributed by atoms with van der Waals surface area (Å²) in [4.78, 5) is 12.0. The van der Waals surface area contributed by atoms with E-state index in [1.165, 1.54) is 6.26 Å². The minimum atomic E-state index is -6.30. The summed E-state index contributed by atoms with van der Waals surface area (Å²) in [5.74, 6) is -10.9. The maximum absolute atomic E-state index is 12.5. The summed E-state index contributed by atoms with van der Waals surface area (Å²) in [6.45, 7) is -6.30. The third-order valence-electron chi connectivity index (χ3n) is 4.26. The van der Waals surface area contributed by atoms with Crippen molar-refractivity contribution in [3.05, 3.63) is 101 Å². The van der Waals surface area contributed by atoms with Gasteiger partial charge in [0.15, 0.2) is 38.4 Å². The first-order valence-corrected chi connectivity index (χ1v) is 11.7. The molecule has 0 aliphatic heterocycles. The van der Waals surface area contributed by atoms with Crippen LogP contribution in [0.25, 0.3) is 0 Å². The van der Waals surface area contributed by atoms with Crippen LogP contribution in [0.4, 0.5) is 34.9 Å². The van der Waals surface area contributed by atoms with E-state index in [2.05, 4.69) is 11.2 Å². The van der Waals surface area contributed by atoms with Gasteiger partial charge in [-0.25, -0.2) is 22.0 Å². The smallest absolute Gasteiger partial charge is 0.445 e. The van der Waals surface area contributed by atoms with Crippen molar-refractivity contribution in [2.45, 2.75) is 0 Å². The Morgan fingerprint density at radius 3 is 1.66 bits per heavy atom. The second-order valence-corrected chi connectivity index (χ2v) is 9.59. The summed E-state index contributed by atoms with van der Waals surface area (Å²) < 4.78 is 110. The van der Waals surface area contributed by atoms with Crippen LogP contribution in [-0.2, 0) is 14.1 Å². The van der Waals surface area contributed by atoms with Crippen molar-refractivity contribution in [2.24, 2.45) is 0 Å². The fraction of sp³-hybridized carbons (Fsp3) is 0.0870. The Labute approximate surface area is 196 Å². The van der Waals surface area contributed by atoms with Gasteiger partial charge in [-0.15, -0.1) is 0 Å². The first-order chi connectivity index (χ1) is 16.2. The molecule has 3 aromatic rings. The maximum atomic E-state index is 12.5. The molecule has 0 saturated carbocycles. The maximum Gasteiger partial charge on any atom is 0.515 e. The minimum absolute atomic E-state index is 0.0448. The molecule has 0 heterocycles. The van der Waals surface area contributed by atoms with Crippen molar-refractivity contribution < 1.29 is 43.9 Å². The Kier molecular flexibility index (Phi) is 8.98. The van der Waals surface area contributed by atoms with Gasteiger partial charge in [-0.1, -0.05) is 52.7 Å². The quantitative estimate of drug-likeness (QED) is 0.0877. The van der Waals surface area contributed by atoms with Crippen LogP contribution >= 0.6 is 0 Å². The Morgan fingerprint density at radius 2 is 1.20 bits per heavy atom. The van der Waals surface area contributed by atoms with Crippen LogP contribution in [0.15, 0.2) is 60.7 Å². The van der Waals surface area contributed by atoms with E-state index in [-0.39, 0.29) is 11.5 Å². The van der Waals surface area contributed by atoms with E-state index in [1.54, 1.807) is 24.3 Å². The summed E-state index contributed by atoms with van der Waals surface area (Å²) >= 11 is 0. The second-order valence-electron chi connectivity index (χ2n) is 7.09. The zero-order valence-corrected chi connectivity index (χ0v) is 18.6.